The third-order valence-corrected chi connectivity index (χ3v) is 6.85. The Bertz CT molecular complexity index is 890. The van der Waals surface area contributed by atoms with Crippen LogP contribution in [-0.2, 0) is 21.9 Å². The zero-order valence-corrected chi connectivity index (χ0v) is 20.8. The highest BCUT2D eigenvalue weighted by molar-refractivity contribution is 7.99. The maximum Gasteiger partial charge on any atom is 0.242 e. The lowest BCUT2D eigenvalue weighted by Gasteiger charge is -2.29. The van der Waals surface area contributed by atoms with Crippen LogP contribution >= 0.6 is 35.0 Å². The van der Waals surface area contributed by atoms with Crippen LogP contribution in [-0.4, -0.2) is 34.6 Å². The normalized spacial score (nSPS) is 12.8. The summed E-state index contributed by atoms with van der Waals surface area (Å²) in [7, 11) is 0. The van der Waals surface area contributed by atoms with Crippen molar-refractivity contribution in [3.63, 3.8) is 0 Å². The van der Waals surface area contributed by atoms with Crippen molar-refractivity contribution in [2.75, 3.05) is 5.75 Å². The zero-order chi connectivity index (χ0) is 23.0. The predicted molar refractivity (Wildman–Crippen MR) is 132 cm³/mol. The third kappa shape index (κ3) is 8.06. The van der Waals surface area contributed by atoms with Crippen molar-refractivity contribution in [3.05, 3.63) is 69.2 Å². The number of hydrogen-bond acceptors (Lipinski definition) is 3. The number of carbonyl (C=O) groups excluding carboxylic acids is 2. The molecule has 4 nitrogen and oxygen atoms in total. The average molecular weight is 481 g/mol. The van der Waals surface area contributed by atoms with E-state index in [1.165, 1.54) is 11.8 Å². The number of aryl methyl sites for hydroxylation is 1. The summed E-state index contributed by atoms with van der Waals surface area (Å²) >= 11 is 13.5. The van der Waals surface area contributed by atoms with Crippen LogP contribution in [0.5, 0.6) is 0 Å². The van der Waals surface area contributed by atoms with Gasteiger partial charge in [-0.15, -0.1) is 11.8 Å². The summed E-state index contributed by atoms with van der Waals surface area (Å²) in [6.45, 7) is 8.18. The smallest absolute Gasteiger partial charge is 0.242 e. The lowest BCUT2D eigenvalue weighted by atomic mass is 10.1. The number of benzene rings is 2. The minimum atomic E-state index is -0.562. The predicted octanol–water partition coefficient (Wildman–Crippen LogP) is 5.87. The molecule has 0 bridgehead atoms. The summed E-state index contributed by atoms with van der Waals surface area (Å²) < 4.78 is 0. The van der Waals surface area contributed by atoms with E-state index < -0.39 is 6.04 Å². The molecule has 2 aromatic rings. The van der Waals surface area contributed by atoms with Crippen molar-refractivity contribution in [2.45, 2.75) is 58.5 Å². The Hall–Kier alpha value is -1.69. The Morgan fingerprint density at radius 3 is 2.29 bits per heavy atom. The Kier molecular flexibility index (Phi) is 10.2. The van der Waals surface area contributed by atoms with Crippen LogP contribution in [0.15, 0.2) is 42.5 Å². The largest absolute Gasteiger partial charge is 0.352 e. The van der Waals surface area contributed by atoms with Gasteiger partial charge in [-0.1, -0.05) is 66.0 Å². The van der Waals surface area contributed by atoms with Crippen LogP contribution in [0.2, 0.25) is 10.0 Å². The first-order valence-electron chi connectivity index (χ1n) is 10.4. The maximum absolute atomic E-state index is 13.1. The van der Waals surface area contributed by atoms with Crippen molar-refractivity contribution in [2.24, 2.45) is 0 Å². The molecule has 0 aliphatic carbocycles. The van der Waals surface area contributed by atoms with Gasteiger partial charge in [0.05, 0.1) is 15.8 Å². The van der Waals surface area contributed by atoms with Gasteiger partial charge in [-0.25, -0.2) is 0 Å². The molecular weight excluding hydrogens is 451 g/mol. The average Bonchev–Trinajstić information content (AvgIpc) is 2.75. The maximum atomic E-state index is 13.1. The van der Waals surface area contributed by atoms with Crippen molar-refractivity contribution in [1.29, 1.82) is 0 Å². The summed E-state index contributed by atoms with van der Waals surface area (Å²) in [5.74, 6) is 0.698. The lowest BCUT2D eigenvalue weighted by Crippen LogP contribution is -2.50. The van der Waals surface area contributed by atoms with E-state index in [9.17, 15) is 9.59 Å². The van der Waals surface area contributed by atoms with Gasteiger partial charge in [0, 0.05) is 18.3 Å². The van der Waals surface area contributed by atoms with Crippen molar-refractivity contribution < 1.29 is 9.59 Å². The first-order valence-corrected chi connectivity index (χ1v) is 12.3. The number of rotatable bonds is 10. The minimum absolute atomic E-state index is 0.0651. The van der Waals surface area contributed by atoms with E-state index in [2.05, 4.69) is 5.32 Å². The summed E-state index contributed by atoms with van der Waals surface area (Å²) in [6.07, 6.45) is 0.837. The number of thioether (sulfide) groups is 1. The van der Waals surface area contributed by atoms with Gasteiger partial charge in [-0.2, -0.15) is 0 Å². The fraction of sp³-hybridized carbons (Fsp3) is 0.417. The number of carbonyl (C=O) groups is 2. The molecule has 0 aliphatic rings. The van der Waals surface area contributed by atoms with Crippen LogP contribution in [0.1, 0.15) is 43.9 Å². The van der Waals surface area contributed by atoms with E-state index >= 15 is 0 Å². The van der Waals surface area contributed by atoms with Crippen LogP contribution in [0.3, 0.4) is 0 Å². The van der Waals surface area contributed by atoms with Crippen LogP contribution in [0.25, 0.3) is 0 Å². The molecule has 0 aliphatic heterocycles. The molecule has 0 aromatic heterocycles. The first kappa shape index (κ1) is 25.6. The third-order valence-electron chi connectivity index (χ3n) is 5.12. The van der Waals surface area contributed by atoms with Gasteiger partial charge in [-0.05, 0) is 50.5 Å². The standard InChI is InChI=1S/C24H30Cl2N2O2S/c1-5-17(3)27-24(30)18(4)28(13-19-8-6-16(2)7-9-19)23(29)15-31-14-20-10-11-21(25)22(26)12-20/h6-12,17-18H,5,13-15H2,1-4H3,(H,27,30)/t17-,18-/m0/s1. The fourth-order valence-electron chi connectivity index (χ4n) is 2.91. The molecule has 2 aromatic carbocycles. The fourth-order valence-corrected chi connectivity index (χ4v) is 4.09. The highest BCUT2D eigenvalue weighted by Gasteiger charge is 2.26. The second-order valence-electron chi connectivity index (χ2n) is 7.74. The van der Waals surface area contributed by atoms with Gasteiger partial charge in [0.25, 0.3) is 0 Å². The van der Waals surface area contributed by atoms with Gasteiger partial charge in [0.15, 0.2) is 0 Å². The molecule has 0 saturated heterocycles. The van der Waals surface area contributed by atoms with Crippen molar-refractivity contribution in [1.82, 2.24) is 10.2 Å². The molecule has 0 saturated carbocycles. The Morgan fingerprint density at radius 1 is 1.03 bits per heavy atom. The lowest BCUT2D eigenvalue weighted by molar-refractivity contribution is -0.138. The Labute approximate surface area is 199 Å². The van der Waals surface area contributed by atoms with Crippen LogP contribution in [0, 0.1) is 6.92 Å². The molecule has 0 radical (unpaired) electrons. The van der Waals surface area contributed by atoms with Gasteiger partial charge >= 0.3 is 0 Å². The van der Waals surface area contributed by atoms with Crippen molar-refractivity contribution in [3.8, 4) is 0 Å². The summed E-state index contributed by atoms with van der Waals surface area (Å²) in [4.78, 5) is 27.5. The summed E-state index contributed by atoms with van der Waals surface area (Å²) in [5.41, 5.74) is 3.15. The monoisotopic (exact) mass is 480 g/mol. The molecule has 0 heterocycles. The number of nitrogens with one attached hydrogen (secondary N) is 1. The van der Waals surface area contributed by atoms with E-state index in [1.54, 1.807) is 17.9 Å². The summed E-state index contributed by atoms with van der Waals surface area (Å²) in [5, 5.41) is 4.00. The van der Waals surface area contributed by atoms with E-state index in [-0.39, 0.29) is 23.6 Å². The highest BCUT2D eigenvalue weighted by Crippen LogP contribution is 2.25. The second-order valence-corrected chi connectivity index (χ2v) is 9.54. The Morgan fingerprint density at radius 2 is 1.68 bits per heavy atom. The van der Waals surface area contributed by atoms with E-state index in [4.69, 9.17) is 23.2 Å². The molecule has 0 fully saturated rings. The molecule has 168 valence electrons. The molecule has 2 atom stereocenters. The quantitative estimate of drug-likeness (QED) is 0.462. The number of halogens is 2. The SMILES string of the molecule is CC[C@H](C)NC(=O)[C@H](C)N(Cc1ccc(C)cc1)C(=O)CSCc1ccc(Cl)c(Cl)c1. The van der Waals surface area contributed by atoms with Crippen LogP contribution < -0.4 is 5.32 Å². The summed E-state index contributed by atoms with van der Waals surface area (Å²) in [6, 6.07) is 13.0. The molecule has 2 amide bonds. The molecule has 2 rings (SSSR count). The molecular formula is C24H30Cl2N2O2S. The molecule has 7 heteroatoms. The van der Waals surface area contributed by atoms with Crippen LogP contribution in [0.4, 0.5) is 0 Å². The molecule has 0 unspecified atom stereocenters. The molecule has 0 spiro atoms. The van der Waals surface area contributed by atoms with E-state index in [0.29, 0.717) is 22.3 Å². The van der Waals surface area contributed by atoms with Gasteiger partial charge in [0.1, 0.15) is 6.04 Å². The van der Waals surface area contributed by atoms with Gasteiger partial charge in [0.2, 0.25) is 11.8 Å². The van der Waals surface area contributed by atoms with Crippen molar-refractivity contribution >= 4 is 46.8 Å². The van der Waals surface area contributed by atoms with Gasteiger partial charge < -0.3 is 10.2 Å². The van der Waals surface area contributed by atoms with E-state index in [0.717, 1.165) is 23.1 Å². The number of hydrogen-bond donors (Lipinski definition) is 1. The van der Waals surface area contributed by atoms with E-state index in [1.807, 2.05) is 57.2 Å². The zero-order valence-electron chi connectivity index (χ0n) is 18.5. The first-order chi connectivity index (χ1) is 14.7. The highest BCUT2D eigenvalue weighted by atomic mass is 35.5. The number of amides is 2. The minimum Gasteiger partial charge on any atom is -0.352 e. The second kappa shape index (κ2) is 12.4. The topological polar surface area (TPSA) is 49.4 Å². The number of nitrogens with zero attached hydrogens (tertiary/aromatic N) is 1. The molecule has 31 heavy (non-hydrogen) atoms. The molecule has 1 N–H and O–H groups in total. The Balaban J connectivity index is 2.07. The van der Waals surface area contributed by atoms with Gasteiger partial charge in [-0.3, -0.25) is 9.59 Å².